The first-order valence-electron chi connectivity index (χ1n) is 6.29. The number of furan rings is 1. The molecule has 1 amide bonds. The Morgan fingerprint density at radius 3 is 3.05 bits per heavy atom. The van der Waals surface area contributed by atoms with Gasteiger partial charge in [0.05, 0.1) is 18.6 Å². The predicted octanol–water partition coefficient (Wildman–Crippen LogP) is 1.68. The molecule has 1 fully saturated rings. The second-order valence-electron chi connectivity index (χ2n) is 4.60. The van der Waals surface area contributed by atoms with E-state index < -0.39 is 5.97 Å². The van der Waals surface area contributed by atoms with E-state index in [9.17, 15) is 9.59 Å². The minimum atomic E-state index is -1.19. The lowest BCUT2D eigenvalue weighted by Gasteiger charge is -2.22. The van der Waals surface area contributed by atoms with E-state index in [1.165, 1.54) is 6.33 Å². The molecule has 1 saturated heterocycles. The summed E-state index contributed by atoms with van der Waals surface area (Å²) >= 11 is 0. The van der Waals surface area contributed by atoms with Gasteiger partial charge in [-0.2, -0.15) is 0 Å². The highest BCUT2D eigenvalue weighted by Crippen LogP contribution is 2.33. The molecule has 0 spiro atoms. The van der Waals surface area contributed by atoms with Crippen LogP contribution in [-0.2, 0) is 0 Å². The molecule has 0 bridgehead atoms. The van der Waals surface area contributed by atoms with Crippen LogP contribution in [0, 0.1) is 0 Å². The van der Waals surface area contributed by atoms with Gasteiger partial charge in [0.2, 0.25) is 0 Å². The van der Waals surface area contributed by atoms with Gasteiger partial charge in [-0.15, -0.1) is 0 Å². The Labute approximate surface area is 114 Å². The number of likely N-dealkylation sites (tertiary alicyclic amines) is 1. The highest BCUT2D eigenvalue weighted by Gasteiger charge is 2.35. The molecule has 1 atom stereocenters. The number of rotatable bonds is 3. The van der Waals surface area contributed by atoms with Crippen LogP contribution in [0.25, 0.3) is 0 Å². The van der Waals surface area contributed by atoms with Crippen molar-refractivity contribution in [2.45, 2.75) is 18.9 Å². The van der Waals surface area contributed by atoms with Crippen LogP contribution in [0.5, 0.6) is 0 Å². The first-order valence-corrected chi connectivity index (χ1v) is 6.29. The van der Waals surface area contributed by atoms with Crippen molar-refractivity contribution in [1.82, 2.24) is 14.9 Å². The number of carbonyl (C=O) groups excluding carboxylic acids is 1. The monoisotopic (exact) mass is 275 g/mol. The highest BCUT2D eigenvalue weighted by molar-refractivity contribution is 6.02. The molecular weight excluding hydrogens is 262 g/mol. The van der Waals surface area contributed by atoms with Crippen molar-refractivity contribution in [2.24, 2.45) is 0 Å². The van der Waals surface area contributed by atoms with Crippen molar-refractivity contribution in [1.29, 1.82) is 0 Å². The molecule has 2 aromatic heterocycles. The topological polar surface area (TPSA) is 99.4 Å². The van der Waals surface area contributed by atoms with Crippen LogP contribution in [0.3, 0.4) is 0 Å². The molecule has 0 radical (unpaired) electrons. The zero-order valence-electron chi connectivity index (χ0n) is 10.6. The number of H-pyrrole nitrogens is 1. The molecule has 2 N–H and O–H groups in total. The zero-order chi connectivity index (χ0) is 14.1. The molecule has 0 aromatic carbocycles. The fraction of sp³-hybridized carbons (Fsp3) is 0.308. The maximum Gasteiger partial charge on any atom is 0.354 e. The number of aromatic nitrogens is 2. The lowest BCUT2D eigenvalue weighted by Crippen LogP contribution is -2.31. The van der Waals surface area contributed by atoms with Gasteiger partial charge in [0.25, 0.3) is 5.91 Å². The third-order valence-electron chi connectivity index (χ3n) is 3.44. The summed E-state index contributed by atoms with van der Waals surface area (Å²) in [6.07, 6.45) is 4.43. The SMILES string of the molecule is O=C(O)c1[nH]cnc1C(=O)N1CCC[C@@H]1c1ccco1. The van der Waals surface area contributed by atoms with Gasteiger partial charge in [0.1, 0.15) is 5.76 Å². The number of carbonyl (C=O) groups is 2. The van der Waals surface area contributed by atoms with E-state index in [1.54, 1.807) is 17.2 Å². The van der Waals surface area contributed by atoms with E-state index in [0.717, 1.165) is 12.8 Å². The van der Waals surface area contributed by atoms with Crippen molar-refractivity contribution in [3.8, 4) is 0 Å². The Hall–Kier alpha value is -2.57. The summed E-state index contributed by atoms with van der Waals surface area (Å²) < 4.78 is 5.35. The quantitative estimate of drug-likeness (QED) is 0.887. The normalized spacial score (nSPS) is 18.4. The first kappa shape index (κ1) is 12.5. The third-order valence-corrected chi connectivity index (χ3v) is 3.44. The average molecular weight is 275 g/mol. The van der Waals surface area contributed by atoms with Crippen LogP contribution in [0.2, 0.25) is 0 Å². The lowest BCUT2D eigenvalue weighted by atomic mass is 10.1. The van der Waals surface area contributed by atoms with Crippen LogP contribution < -0.4 is 0 Å². The number of nitrogens with one attached hydrogen (secondary N) is 1. The number of aromatic carboxylic acids is 1. The number of carboxylic acids is 1. The fourth-order valence-electron chi connectivity index (χ4n) is 2.54. The molecule has 0 unspecified atom stereocenters. The van der Waals surface area contributed by atoms with Gasteiger partial charge in [-0.1, -0.05) is 0 Å². The van der Waals surface area contributed by atoms with Gasteiger partial charge >= 0.3 is 5.97 Å². The summed E-state index contributed by atoms with van der Waals surface area (Å²) in [5.74, 6) is -0.870. The van der Waals surface area contributed by atoms with Crippen LogP contribution in [0.15, 0.2) is 29.1 Å². The van der Waals surface area contributed by atoms with Crippen LogP contribution >= 0.6 is 0 Å². The standard InChI is InChI=1S/C13H13N3O4/c17-12(10-11(13(18)19)15-7-14-10)16-5-1-3-8(16)9-4-2-6-20-9/h2,4,6-8H,1,3,5H2,(H,14,15)(H,18,19)/t8-/m1/s1. The third kappa shape index (κ3) is 1.97. The largest absolute Gasteiger partial charge is 0.477 e. The van der Waals surface area contributed by atoms with Crippen molar-refractivity contribution < 1.29 is 19.1 Å². The van der Waals surface area contributed by atoms with E-state index in [-0.39, 0.29) is 23.3 Å². The molecule has 0 aliphatic carbocycles. The van der Waals surface area contributed by atoms with Crippen LogP contribution in [0.4, 0.5) is 0 Å². The van der Waals surface area contributed by atoms with Gasteiger partial charge in [-0.05, 0) is 25.0 Å². The molecule has 104 valence electrons. The summed E-state index contributed by atoms with van der Waals surface area (Å²) in [7, 11) is 0. The van der Waals surface area contributed by atoms with Crippen LogP contribution in [0.1, 0.15) is 45.6 Å². The Balaban J connectivity index is 1.90. The number of hydrogen-bond donors (Lipinski definition) is 2. The Morgan fingerprint density at radius 2 is 2.35 bits per heavy atom. The van der Waals surface area contributed by atoms with Crippen molar-refractivity contribution >= 4 is 11.9 Å². The van der Waals surface area contributed by atoms with Crippen molar-refractivity contribution in [3.05, 3.63) is 41.9 Å². The number of hydrogen-bond acceptors (Lipinski definition) is 4. The van der Waals surface area contributed by atoms with Crippen LogP contribution in [-0.4, -0.2) is 38.4 Å². The van der Waals surface area contributed by atoms with Gasteiger partial charge in [0.15, 0.2) is 11.4 Å². The highest BCUT2D eigenvalue weighted by atomic mass is 16.4. The van der Waals surface area contributed by atoms with Crippen molar-refractivity contribution in [3.63, 3.8) is 0 Å². The Bertz CT molecular complexity index is 632. The summed E-state index contributed by atoms with van der Waals surface area (Å²) in [5.41, 5.74) is -0.240. The first-order chi connectivity index (χ1) is 9.68. The molecule has 1 aliphatic rings. The summed E-state index contributed by atoms with van der Waals surface area (Å²) in [6.45, 7) is 0.566. The number of amides is 1. The fourth-order valence-corrected chi connectivity index (χ4v) is 2.54. The van der Waals surface area contributed by atoms with E-state index in [0.29, 0.717) is 12.3 Å². The molecule has 0 saturated carbocycles. The molecular formula is C13H13N3O4. The summed E-state index contributed by atoms with van der Waals surface area (Å²) in [5, 5.41) is 9.04. The van der Waals surface area contributed by atoms with Gasteiger partial charge in [-0.3, -0.25) is 4.79 Å². The van der Waals surface area contributed by atoms with Gasteiger partial charge in [-0.25, -0.2) is 9.78 Å². The molecule has 3 heterocycles. The Kier molecular flexibility index (Phi) is 3.02. The molecule has 2 aromatic rings. The van der Waals surface area contributed by atoms with E-state index in [2.05, 4.69) is 9.97 Å². The number of aromatic amines is 1. The smallest absolute Gasteiger partial charge is 0.354 e. The molecule has 1 aliphatic heterocycles. The van der Waals surface area contributed by atoms with Gasteiger partial charge < -0.3 is 19.4 Å². The number of imidazole rings is 1. The summed E-state index contributed by atoms with van der Waals surface area (Å²) in [6, 6.07) is 3.43. The molecule has 3 rings (SSSR count). The second-order valence-corrected chi connectivity index (χ2v) is 4.60. The molecule has 7 heteroatoms. The summed E-state index contributed by atoms with van der Waals surface area (Å²) in [4.78, 5) is 31.5. The molecule has 7 nitrogen and oxygen atoms in total. The minimum Gasteiger partial charge on any atom is -0.477 e. The second kappa shape index (κ2) is 4.84. The number of carboxylic acid groups (broad SMARTS) is 1. The lowest BCUT2D eigenvalue weighted by molar-refractivity contribution is 0.0658. The van der Waals surface area contributed by atoms with E-state index >= 15 is 0 Å². The zero-order valence-corrected chi connectivity index (χ0v) is 10.6. The average Bonchev–Trinajstić information content (AvgIpc) is 3.17. The maximum atomic E-state index is 12.5. The minimum absolute atomic E-state index is 0.0593. The van der Waals surface area contributed by atoms with E-state index in [4.69, 9.17) is 9.52 Å². The van der Waals surface area contributed by atoms with Crippen molar-refractivity contribution in [2.75, 3.05) is 6.54 Å². The Morgan fingerprint density at radius 1 is 1.50 bits per heavy atom. The predicted molar refractivity (Wildman–Crippen MR) is 67.3 cm³/mol. The number of nitrogens with zero attached hydrogens (tertiary/aromatic N) is 2. The van der Waals surface area contributed by atoms with E-state index in [1.807, 2.05) is 6.07 Å². The van der Waals surface area contributed by atoms with Gasteiger partial charge in [0, 0.05) is 6.54 Å². The molecule has 20 heavy (non-hydrogen) atoms. The maximum absolute atomic E-state index is 12.5.